The van der Waals surface area contributed by atoms with Crippen LogP contribution in [-0.2, 0) is 16.9 Å². The number of hydrogen-bond acceptors (Lipinski definition) is 5. The van der Waals surface area contributed by atoms with Gasteiger partial charge in [-0.1, -0.05) is 29.3 Å². The van der Waals surface area contributed by atoms with Crippen molar-refractivity contribution in [2.45, 2.75) is 12.1 Å². The molecule has 0 spiro atoms. The van der Waals surface area contributed by atoms with E-state index in [0.717, 1.165) is 39.4 Å². The number of halogens is 2. The monoisotopic (exact) mass is 398 g/mol. The zero-order valence-electron chi connectivity index (χ0n) is 14.6. The molecule has 8 heteroatoms. The molecule has 142 valence electrons. The molecule has 0 aliphatic carbocycles. The first-order valence-electron chi connectivity index (χ1n) is 8.71. The van der Waals surface area contributed by atoms with Gasteiger partial charge in [-0.05, 0) is 12.1 Å². The summed E-state index contributed by atoms with van der Waals surface area (Å²) in [4.78, 5) is 6.40. The lowest BCUT2D eigenvalue weighted by Crippen LogP contribution is -2.45. The summed E-state index contributed by atoms with van der Waals surface area (Å²) in [6.07, 6.45) is 5.20. The Hall–Kier alpha value is -1.15. The van der Waals surface area contributed by atoms with Gasteiger partial charge in [-0.2, -0.15) is 0 Å². The van der Waals surface area contributed by atoms with Gasteiger partial charge in [0.15, 0.2) is 0 Å². The van der Waals surface area contributed by atoms with Crippen molar-refractivity contribution < 1.29 is 9.84 Å². The lowest BCUT2D eigenvalue weighted by atomic mass is 9.93. The molecule has 0 amide bonds. The highest BCUT2D eigenvalue weighted by Crippen LogP contribution is 2.31. The fourth-order valence-electron chi connectivity index (χ4n) is 3.14. The molecular formula is C18H24Cl2N4O2. The summed E-state index contributed by atoms with van der Waals surface area (Å²) in [5, 5.41) is 15.8. The predicted octanol–water partition coefficient (Wildman–Crippen LogP) is 2.00. The molecule has 1 saturated heterocycles. The maximum Gasteiger partial charge on any atom is 0.121 e. The van der Waals surface area contributed by atoms with Crippen molar-refractivity contribution >= 4 is 23.2 Å². The highest BCUT2D eigenvalue weighted by Gasteiger charge is 2.32. The molecule has 2 heterocycles. The van der Waals surface area contributed by atoms with E-state index in [1.165, 1.54) is 0 Å². The molecule has 1 aliphatic heterocycles. The van der Waals surface area contributed by atoms with Crippen LogP contribution in [0.4, 0.5) is 0 Å². The predicted molar refractivity (Wildman–Crippen MR) is 103 cm³/mol. The molecule has 0 saturated carbocycles. The smallest absolute Gasteiger partial charge is 0.121 e. The Morgan fingerprint density at radius 2 is 2.08 bits per heavy atom. The molecule has 1 unspecified atom stereocenters. The van der Waals surface area contributed by atoms with E-state index in [2.05, 4.69) is 15.2 Å². The van der Waals surface area contributed by atoms with E-state index in [0.29, 0.717) is 28.7 Å². The van der Waals surface area contributed by atoms with Crippen molar-refractivity contribution in [1.82, 2.24) is 19.8 Å². The van der Waals surface area contributed by atoms with Crippen LogP contribution in [0.3, 0.4) is 0 Å². The van der Waals surface area contributed by atoms with Crippen molar-refractivity contribution in [3.63, 3.8) is 0 Å². The molecular weight excluding hydrogens is 375 g/mol. The van der Waals surface area contributed by atoms with Crippen molar-refractivity contribution in [3.05, 3.63) is 52.5 Å². The standard InChI is InChI=1S/C18H24Cl2N4O2/c19-15-1-2-16(17(20)11-15)18(25,13-24-6-4-22-14-24)12-21-3-5-23-7-9-26-10-8-23/h1-2,4,6,11,14,21,25H,3,5,7-10,12-13H2. The van der Waals surface area contributed by atoms with Crippen LogP contribution in [0, 0.1) is 0 Å². The third-order valence-corrected chi connectivity index (χ3v) is 5.11. The molecule has 1 aliphatic rings. The highest BCUT2D eigenvalue weighted by molar-refractivity contribution is 6.35. The topological polar surface area (TPSA) is 62.6 Å². The number of nitrogens with one attached hydrogen (secondary N) is 1. The van der Waals surface area contributed by atoms with Gasteiger partial charge in [0.1, 0.15) is 5.60 Å². The minimum absolute atomic E-state index is 0.346. The van der Waals surface area contributed by atoms with E-state index in [-0.39, 0.29) is 0 Å². The summed E-state index contributed by atoms with van der Waals surface area (Å²) >= 11 is 12.4. The number of imidazole rings is 1. The number of aliphatic hydroxyl groups is 1. The summed E-state index contributed by atoms with van der Waals surface area (Å²) in [6, 6.07) is 5.19. The fourth-order valence-corrected chi connectivity index (χ4v) is 3.73. The lowest BCUT2D eigenvalue weighted by Gasteiger charge is -2.31. The minimum Gasteiger partial charge on any atom is -0.382 e. The first-order valence-corrected chi connectivity index (χ1v) is 9.47. The molecule has 0 bridgehead atoms. The Morgan fingerprint density at radius 3 is 2.77 bits per heavy atom. The van der Waals surface area contributed by atoms with Crippen LogP contribution in [-0.4, -0.2) is 65.5 Å². The molecule has 2 aromatic rings. The number of morpholine rings is 1. The average molecular weight is 399 g/mol. The molecule has 2 N–H and O–H groups in total. The van der Waals surface area contributed by atoms with Gasteiger partial charge < -0.3 is 19.7 Å². The molecule has 1 fully saturated rings. The van der Waals surface area contributed by atoms with Crippen molar-refractivity contribution in [3.8, 4) is 0 Å². The van der Waals surface area contributed by atoms with Crippen molar-refractivity contribution in [2.75, 3.05) is 45.9 Å². The Morgan fingerprint density at radius 1 is 1.27 bits per heavy atom. The van der Waals surface area contributed by atoms with Gasteiger partial charge in [-0.15, -0.1) is 0 Å². The zero-order chi connectivity index (χ0) is 18.4. The SMILES string of the molecule is OC(CNCCN1CCOCC1)(Cn1ccnc1)c1ccc(Cl)cc1Cl. The number of nitrogens with zero attached hydrogens (tertiary/aromatic N) is 3. The lowest BCUT2D eigenvalue weighted by molar-refractivity contribution is 0.0155. The van der Waals surface area contributed by atoms with Crippen LogP contribution in [0.5, 0.6) is 0 Å². The second kappa shape index (κ2) is 9.17. The first kappa shape index (κ1) is 19.6. The third kappa shape index (κ3) is 5.19. The Kier molecular flexibility index (Phi) is 6.92. The van der Waals surface area contributed by atoms with Crippen LogP contribution in [0.2, 0.25) is 10.0 Å². The van der Waals surface area contributed by atoms with Crippen LogP contribution < -0.4 is 5.32 Å². The number of rotatable bonds is 8. The van der Waals surface area contributed by atoms with E-state index in [4.69, 9.17) is 27.9 Å². The van der Waals surface area contributed by atoms with Crippen LogP contribution in [0.25, 0.3) is 0 Å². The number of aromatic nitrogens is 2. The Labute approximate surface area is 163 Å². The van der Waals surface area contributed by atoms with Crippen molar-refractivity contribution in [1.29, 1.82) is 0 Å². The minimum atomic E-state index is -1.17. The van der Waals surface area contributed by atoms with Crippen molar-refractivity contribution in [2.24, 2.45) is 0 Å². The molecule has 1 atom stereocenters. The van der Waals surface area contributed by atoms with E-state index >= 15 is 0 Å². The average Bonchev–Trinajstić information content (AvgIpc) is 3.12. The van der Waals surface area contributed by atoms with E-state index in [9.17, 15) is 5.11 Å². The largest absolute Gasteiger partial charge is 0.382 e. The van der Waals surface area contributed by atoms with Gasteiger partial charge in [-0.3, -0.25) is 4.90 Å². The molecule has 3 rings (SSSR count). The summed E-state index contributed by atoms with van der Waals surface area (Å²) in [7, 11) is 0. The van der Waals surface area contributed by atoms with Gasteiger partial charge in [-0.25, -0.2) is 4.98 Å². The molecule has 0 radical (unpaired) electrons. The zero-order valence-corrected chi connectivity index (χ0v) is 16.1. The summed E-state index contributed by atoms with van der Waals surface area (Å²) in [5.41, 5.74) is -0.524. The maximum atomic E-state index is 11.4. The molecule has 26 heavy (non-hydrogen) atoms. The molecule has 1 aromatic carbocycles. The molecule has 1 aromatic heterocycles. The number of hydrogen-bond donors (Lipinski definition) is 2. The Bertz CT molecular complexity index is 693. The maximum absolute atomic E-state index is 11.4. The normalized spacial score (nSPS) is 18.0. The van der Waals surface area contributed by atoms with Crippen LogP contribution >= 0.6 is 23.2 Å². The quantitative estimate of drug-likeness (QED) is 0.665. The summed E-state index contributed by atoms with van der Waals surface area (Å²) in [5.74, 6) is 0. The first-order chi connectivity index (χ1) is 12.6. The van der Waals surface area contributed by atoms with E-state index in [1.54, 1.807) is 30.7 Å². The van der Waals surface area contributed by atoms with Crippen LogP contribution in [0.15, 0.2) is 36.9 Å². The summed E-state index contributed by atoms with van der Waals surface area (Å²) < 4.78 is 7.21. The van der Waals surface area contributed by atoms with Crippen LogP contribution in [0.1, 0.15) is 5.56 Å². The number of ether oxygens (including phenoxy) is 1. The fraction of sp³-hybridized carbons (Fsp3) is 0.500. The Balaban J connectivity index is 1.66. The number of benzene rings is 1. The second-order valence-corrected chi connectivity index (χ2v) is 7.37. The van der Waals surface area contributed by atoms with Gasteiger partial charge in [0.25, 0.3) is 0 Å². The third-order valence-electron chi connectivity index (χ3n) is 4.56. The van der Waals surface area contributed by atoms with E-state index in [1.807, 2.05) is 10.8 Å². The second-order valence-electron chi connectivity index (χ2n) is 6.52. The van der Waals surface area contributed by atoms with Gasteiger partial charge in [0, 0.05) is 60.7 Å². The summed E-state index contributed by atoms with van der Waals surface area (Å²) in [6.45, 7) is 5.87. The highest BCUT2D eigenvalue weighted by atomic mass is 35.5. The van der Waals surface area contributed by atoms with E-state index < -0.39 is 5.60 Å². The molecule has 6 nitrogen and oxygen atoms in total. The van der Waals surface area contributed by atoms with Gasteiger partial charge >= 0.3 is 0 Å². The van der Waals surface area contributed by atoms with Gasteiger partial charge in [0.2, 0.25) is 0 Å². The van der Waals surface area contributed by atoms with Gasteiger partial charge in [0.05, 0.1) is 26.1 Å².